The predicted molar refractivity (Wildman–Crippen MR) is 62.9 cm³/mol. The van der Waals surface area contributed by atoms with Gasteiger partial charge in [-0.1, -0.05) is 6.07 Å². The fourth-order valence-electron chi connectivity index (χ4n) is 2.26. The normalized spacial score (nSPS) is 13.9. The molecule has 2 aromatic rings. The molecule has 0 saturated heterocycles. The summed E-state index contributed by atoms with van der Waals surface area (Å²) in [5.74, 6) is 1.92. The molecule has 0 fully saturated rings. The molecule has 0 aliphatic carbocycles. The van der Waals surface area contributed by atoms with Gasteiger partial charge in [-0.3, -0.25) is 4.79 Å². The maximum Gasteiger partial charge on any atom is 0.253 e. The van der Waals surface area contributed by atoms with E-state index in [-0.39, 0.29) is 5.56 Å². The van der Waals surface area contributed by atoms with Gasteiger partial charge in [-0.05, 0) is 19.4 Å². The number of fused-ring (bicyclic) bond motifs is 1. The van der Waals surface area contributed by atoms with Gasteiger partial charge in [0, 0.05) is 24.7 Å². The summed E-state index contributed by atoms with van der Waals surface area (Å²) < 4.78 is 3.81. The molecule has 0 bridgehead atoms. The highest BCUT2D eigenvalue weighted by Gasteiger charge is 2.17. The van der Waals surface area contributed by atoms with Crippen LogP contribution in [0.4, 0.5) is 0 Å². The van der Waals surface area contributed by atoms with Crippen LogP contribution >= 0.6 is 0 Å². The van der Waals surface area contributed by atoms with Crippen LogP contribution in [0.1, 0.15) is 23.6 Å². The standard InChI is InChI=1S/C12H14N4O/c1-9-4-2-6-15(12(9)17)8-11-14-13-10-5-3-7-16(10)11/h2,4,6H,3,5,7-8H2,1H3. The summed E-state index contributed by atoms with van der Waals surface area (Å²) in [5.41, 5.74) is 0.802. The van der Waals surface area contributed by atoms with E-state index < -0.39 is 0 Å². The minimum Gasteiger partial charge on any atom is -0.313 e. The second kappa shape index (κ2) is 3.84. The van der Waals surface area contributed by atoms with Gasteiger partial charge in [0.1, 0.15) is 5.82 Å². The minimum atomic E-state index is 0.0443. The zero-order valence-corrected chi connectivity index (χ0v) is 9.76. The van der Waals surface area contributed by atoms with Crippen LogP contribution in [0, 0.1) is 6.92 Å². The number of hydrogen-bond acceptors (Lipinski definition) is 3. The lowest BCUT2D eigenvalue weighted by Gasteiger charge is -2.06. The summed E-state index contributed by atoms with van der Waals surface area (Å²) in [5, 5.41) is 8.30. The monoisotopic (exact) mass is 230 g/mol. The number of rotatable bonds is 2. The fraction of sp³-hybridized carbons (Fsp3) is 0.417. The first-order valence-electron chi connectivity index (χ1n) is 5.83. The van der Waals surface area contributed by atoms with Crippen LogP contribution < -0.4 is 5.56 Å². The molecule has 0 aromatic carbocycles. The third-order valence-electron chi connectivity index (χ3n) is 3.21. The van der Waals surface area contributed by atoms with E-state index in [1.54, 1.807) is 10.8 Å². The van der Waals surface area contributed by atoms with E-state index in [1.807, 2.05) is 19.1 Å². The molecule has 1 aliphatic heterocycles. The van der Waals surface area contributed by atoms with Crippen LogP contribution in [0.25, 0.3) is 0 Å². The molecule has 0 amide bonds. The van der Waals surface area contributed by atoms with Gasteiger partial charge in [-0.25, -0.2) is 0 Å². The highest BCUT2D eigenvalue weighted by molar-refractivity contribution is 5.09. The Morgan fingerprint density at radius 3 is 3.18 bits per heavy atom. The number of pyridine rings is 1. The predicted octanol–water partition coefficient (Wildman–Crippen LogP) is 0.743. The Morgan fingerprint density at radius 2 is 2.29 bits per heavy atom. The van der Waals surface area contributed by atoms with Crippen molar-refractivity contribution in [3.63, 3.8) is 0 Å². The lowest BCUT2D eigenvalue weighted by molar-refractivity contribution is 0.632. The molecule has 0 unspecified atom stereocenters. The molecule has 0 N–H and O–H groups in total. The van der Waals surface area contributed by atoms with Crippen LogP contribution in [0.2, 0.25) is 0 Å². The molecular formula is C12H14N4O. The minimum absolute atomic E-state index is 0.0443. The second-order valence-corrected chi connectivity index (χ2v) is 4.41. The van der Waals surface area contributed by atoms with Crippen LogP contribution in [-0.4, -0.2) is 19.3 Å². The van der Waals surface area contributed by atoms with Gasteiger partial charge in [-0.2, -0.15) is 0 Å². The van der Waals surface area contributed by atoms with Crippen LogP contribution in [0.15, 0.2) is 23.1 Å². The fourth-order valence-corrected chi connectivity index (χ4v) is 2.26. The quantitative estimate of drug-likeness (QED) is 0.764. The molecular weight excluding hydrogens is 216 g/mol. The number of hydrogen-bond donors (Lipinski definition) is 0. The Hall–Kier alpha value is -1.91. The summed E-state index contributed by atoms with van der Waals surface area (Å²) in [6, 6.07) is 3.71. The van der Waals surface area contributed by atoms with Crippen molar-refractivity contribution in [2.24, 2.45) is 0 Å². The Kier molecular flexibility index (Phi) is 2.31. The van der Waals surface area contributed by atoms with E-state index >= 15 is 0 Å². The van der Waals surface area contributed by atoms with Gasteiger partial charge in [0.15, 0.2) is 5.82 Å². The van der Waals surface area contributed by atoms with Gasteiger partial charge in [0.05, 0.1) is 6.54 Å². The average molecular weight is 230 g/mol. The van der Waals surface area contributed by atoms with E-state index in [9.17, 15) is 4.79 Å². The van der Waals surface area contributed by atoms with Gasteiger partial charge in [0.2, 0.25) is 0 Å². The Balaban J connectivity index is 1.97. The average Bonchev–Trinajstić information content (AvgIpc) is 2.89. The smallest absolute Gasteiger partial charge is 0.253 e. The Bertz CT molecular complexity index is 611. The van der Waals surface area contributed by atoms with Gasteiger partial charge < -0.3 is 9.13 Å². The summed E-state index contributed by atoms with van der Waals surface area (Å²) in [6.07, 6.45) is 3.92. The summed E-state index contributed by atoms with van der Waals surface area (Å²) in [6.45, 7) is 3.30. The van der Waals surface area contributed by atoms with E-state index in [1.165, 1.54) is 0 Å². The van der Waals surface area contributed by atoms with E-state index in [2.05, 4.69) is 14.8 Å². The van der Waals surface area contributed by atoms with Gasteiger partial charge >= 0.3 is 0 Å². The second-order valence-electron chi connectivity index (χ2n) is 4.41. The third kappa shape index (κ3) is 1.67. The maximum atomic E-state index is 11.9. The Morgan fingerprint density at radius 1 is 1.41 bits per heavy atom. The third-order valence-corrected chi connectivity index (χ3v) is 3.21. The highest BCUT2D eigenvalue weighted by atomic mass is 16.1. The SMILES string of the molecule is Cc1cccn(Cc2nnc3n2CCC3)c1=O. The van der Waals surface area contributed by atoms with Gasteiger partial charge in [-0.15, -0.1) is 10.2 Å². The molecule has 3 rings (SSSR count). The van der Waals surface area contributed by atoms with Crippen molar-refractivity contribution in [1.82, 2.24) is 19.3 Å². The lowest BCUT2D eigenvalue weighted by atomic mass is 10.3. The lowest BCUT2D eigenvalue weighted by Crippen LogP contribution is -2.23. The topological polar surface area (TPSA) is 52.7 Å². The molecule has 2 aromatic heterocycles. The number of nitrogens with zero attached hydrogens (tertiary/aromatic N) is 4. The van der Waals surface area contributed by atoms with E-state index in [0.29, 0.717) is 6.54 Å². The molecule has 5 heteroatoms. The van der Waals surface area contributed by atoms with Crippen molar-refractivity contribution in [2.75, 3.05) is 0 Å². The molecule has 17 heavy (non-hydrogen) atoms. The van der Waals surface area contributed by atoms with Crippen LogP contribution in [0.5, 0.6) is 0 Å². The maximum absolute atomic E-state index is 11.9. The van der Waals surface area contributed by atoms with Crippen molar-refractivity contribution in [3.8, 4) is 0 Å². The van der Waals surface area contributed by atoms with Crippen LogP contribution in [-0.2, 0) is 19.5 Å². The Labute approximate surface area is 98.7 Å². The molecule has 0 spiro atoms. The van der Waals surface area contributed by atoms with Crippen molar-refractivity contribution < 1.29 is 0 Å². The number of aryl methyl sites for hydroxylation is 2. The zero-order chi connectivity index (χ0) is 11.8. The molecule has 88 valence electrons. The first-order chi connectivity index (χ1) is 8.25. The molecule has 1 aliphatic rings. The van der Waals surface area contributed by atoms with Crippen molar-refractivity contribution in [2.45, 2.75) is 32.9 Å². The molecule has 0 saturated carbocycles. The van der Waals surface area contributed by atoms with E-state index in [0.717, 1.165) is 36.6 Å². The van der Waals surface area contributed by atoms with Crippen molar-refractivity contribution in [3.05, 3.63) is 45.9 Å². The largest absolute Gasteiger partial charge is 0.313 e. The summed E-state index contributed by atoms with van der Waals surface area (Å²) >= 11 is 0. The zero-order valence-electron chi connectivity index (χ0n) is 9.76. The summed E-state index contributed by atoms with van der Waals surface area (Å²) in [7, 11) is 0. The molecule has 5 nitrogen and oxygen atoms in total. The first kappa shape index (κ1) is 10.3. The molecule has 0 radical (unpaired) electrons. The molecule has 0 atom stereocenters. The number of aromatic nitrogens is 4. The highest BCUT2D eigenvalue weighted by Crippen LogP contribution is 2.14. The van der Waals surface area contributed by atoms with Gasteiger partial charge in [0.25, 0.3) is 5.56 Å². The van der Waals surface area contributed by atoms with Crippen molar-refractivity contribution >= 4 is 0 Å². The summed E-state index contributed by atoms with van der Waals surface area (Å²) in [4.78, 5) is 11.9. The molecule has 3 heterocycles. The van der Waals surface area contributed by atoms with Crippen molar-refractivity contribution in [1.29, 1.82) is 0 Å². The van der Waals surface area contributed by atoms with E-state index in [4.69, 9.17) is 0 Å². The van der Waals surface area contributed by atoms with Crippen LogP contribution in [0.3, 0.4) is 0 Å². The first-order valence-corrected chi connectivity index (χ1v) is 5.83.